The van der Waals surface area contributed by atoms with E-state index in [1.807, 2.05) is 103 Å². The van der Waals surface area contributed by atoms with Gasteiger partial charge in [0, 0.05) is 13.5 Å². The van der Waals surface area contributed by atoms with E-state index in [2.05, 4.69) is 6.58 Å². The van der Waals surface area contributed by atoms with Crippen molar-refractivity contribution in [3.63, 3.8) is 0 Å². The van der Waals surface area contributed by atoms with Crippen molar-refractivity contribution in [3.8, 4) is 0 Å². The number of ketones is 1. The number of Topliss-reactive ketones (excluding diaryl/α,β-unsaturated/α-hetero) is 1. The van der Waals surface area contributed by atoms with Gasteiger partial charge in [-0.2, -0.15) is 0 Å². The van der Waals surface area contributed by atoms with E-state index >= 15 is 0 Å². The first-order valence-electron chi connectivity index (χ1n) is 13.5. The fourth-order valence-electron chi connectivity index (χ4n) is 4.80. The maximum absolute atomic E-state index is 14.0. The Kier molecular flexibility index (Phi) is 11.4. The number of benzene rings is 3. The van der Waals surface area contributed by atoms with E-state index < -0.39 is 23.9 Å². The van der Waals surface area contributed by atoms with Crippen LogP contribution >= 0.6 is 0 Å². The van der Waals surface area contributed by atoms with Crippen LogP contribution in [0.2, 0.25) is 0 Å². The van der Waals surface area contributed by atoms with Crippen LogP contribution in [0, 0.1) is 0 Å². The van der Waals surface area contributed by atoms with E-state index in [9.17, 15) is 4.79 Å². The summed E-state index contributed by atoms with van der Waals surface area (Å²) in [4.78, 5) is 14.0. The minimum Gasteiger partial charge on any atom is -0.366 e. The third-order valence-corrected chi connectivity index (χ3v) is 6.87. The number of hydrogen-bond acceptors (Lipinski definition) is 6. The second-order valence-corrected chi connectivity index (χ2v) is 9.83. The van der Waals surface area contributed by atoms with Crippen LogP contribution in [0.3, 0.4) is 0 Å². The first-order valence-corrected chi connectivity index (χ1v) is 13.5. The molecule has 210 valence electrons. The Morgan fingerprint density at radius 1 is 0.775 bits per heavy atom. The second kappa shape index (κ2) is 15.4. The fourth-order valence-corrected chi connectivity index (χ4v) is 4.80. The number of methoxy groups -OCH3 is 1. The molecule has 3 aromatic rings. The molecule has 1 aliphatic rings. The summed E-state index contributed by atoms with van der Waals surface area (Å²) < 4.78 is 30.5. The van der Waals surface area contributed by atoms with Crippen molar-refractivity contribution < 1.29 is 28.5 Å². The maximum atomic E-state index is 14.0. The van der Waals surface area contributed by atoms with Gasteiger partial charge in [0.1, 0.15) is 30.7 Å². The molecule has 0 aliphatic heterocycles. The number of rotatable bonds is 14. The van der Waals surface area contributed by atoms with E-state index in [-0.39, 0.29) is 25.6 Å². The molecule has 1 aliphatic carbocycles. The molecular weight excluding hydrogens is 504 g/mol. The van der Waals surface area contributed by atoms with Crippen molar-refractivity contribution in [3.05, 3.63) is 132 Å². The summed E-state index contributed by atoms with van der Waals surface area (Å²) in [5.41, 5.74) is 2.00. The van der Waals surface area contributed by atoms with Crippen molar-refractivity contribution in [2.45, 2.75) is 56.6 Å². The summed E-state index contributed by atoms with van der Waals surface area (Å²) in [7, 11) is 1.55. The summed E-state index contributed by atoms with van der Waals surface area (Å²) in [6.45, 7) is 4.96. The largest absolute Gasteiger partial charge is 0.366 e. The molecule has 4 rings (SSSR count). The van der Waals surface area contributed by atoms with Crippen LogP contribution in [0.25, 0.3) is 0 Å². The lowest BCUT2D eigenvalue weighted by Gasteiger charge is -2.41. The molecule has 6 heteroatoms. The summed E-state index contributed by atoms with van der Waals surface area (Å²) in [5, 5.41) is 0. The van der Waals surface area contributed by atoms with Gasteiger partial charge in [0.25, 0.3) is 0 Å². The monoisotopic (exact) mass is 542 g/mol. The first kappa shape index (κ1) is 29.6. The zero-order chi connectivity index (χ0) is 28.0. The number of ether oxygens (including phenoxy) is 5. The van der Waals surface area contributed by atoms with Gasteiger partial charge < -0.3 is 23.7 Å². The molecule has 4 atom stereocenters. The maximum Gasteiger partial charge on any atom is 0.167 e. The molecule has 4 unspecified atom stereocenters. The van der Waals surface area contributed by atoms with Crippen molar-refractivity contribution in [1.29, 1.82) is 0 Å². The molecule has 0 N–H and O–H groups in total. The summed E-state index contributed by atoms with van der Waals surface area (Å²) in [6, 6.07) is 29.6. The number of carbonyl (C=O) groups is 1. The van der Waals surface area contributed by atoms with Gasteiger partial charge in [-0.05, 0) is 23.1 Å². The number of hydrogen-bond donors (Lipinski definition) is 0. The minimum absolute atomic E-state index is 0.0192. The van der Waals surface area contributed by atoms with E-state index in [4.69, 9.17) is 23.7 Å². The van der Waals surface area contributed by atoms with Crippen molar-refractivity contribution in [2.24, 2.45) is 0 Å². The van der Waals surface area contributed by atoms with Gasteiger partial charge in [-0.1, -0.05) is 109 Å². The molecule has 0 amide bonds. The highest BCUT2D eigenvalue weighted by Crippen LogP contribution is 2.35. The molecule has 0 spiro atoms. The lowest BCUT2D eigenvalue weighted by Crippen LogP contribution is -2.52. The standard InChI is InChI=1S/C34H38O6/c1-3-21-34(40-25-29-17-11-6-12-18-29)22-30(35)33(38-24-28-15-9-5-10-16-28)31(39-26-36-2)19-20-32(34)37-23-27-13-7-4-8-14-27/h3-20,31-33H,1,21-26H2,2H3/b20-19-. The molecule has 0 heterocycles. The van der Waals surface area contributed by atoms with E-state index in [1.165, 1.54) is 0 Å². The average molecular weight is 543 g/mol. The molecule has 40 heavy (non-hydrogen) atoms. The normalized spacial score (nSPS) is 23.7. The third kappa shape index (κ3) is 8.31. The first-order chi connectivity index (χ1) is 19.6. The Bertz CT molecular complexity index is 1200. The highest BCUT2D eigenvalue weighted by Gasteiger charge is 2.45. The summed E-state index contributed by atoms with van der Waals surface area (Å²) in [5.74, 6) is -0.135. The predicted octanol–water partition coefficient (Wildman–Crippen LogP) is 6.21. The summed E-state index contributed by atoms with van der Waals surface area (Å²) in [6.07, 6.45) is 3.95. The van der Waals surface area contributed by atoms with Gasteiger partial charge in [0.2, 0.25) is 0 Å². The molecular formula is C34H38O6. The van der Waals surface area contributed by atoms with Crippen LogP contribution < -0.4 is 0 Å². The van der Waals surface area contributed by atoms with Crippen LogP contribution in [0.15, 0.2) is 116 Å². The molecule has 0 radical (unpaired) electrons. The highest BCUT2D eigenvalue weighted by molar-refractivity contribution is 5.85. The Morgan fingerprint density at radius 2 is 1.32 bits per heavy atom. The Labute approximate surface area is 237 Å². The van der Waals surface area contributed by atoms with Crippen LogP contribution in [-0.2, 0) is 48.3 Å². The molecule has 3 aromatic carbocycles. The Morgan fingerprint density at radius 3 is 1.88 bits per heavy atom. The van der Waals surface area contributed by atoms with Crippen LogP contribution in [0.5, 0.6) is 0 Å². The lowest BCUT2D eigenvalue weighted by atomic mass is 9.82. The average Bonchev–Trinajstić information content (AvgIpc) is 2.99. The molecule has 0 aromatic heterocycles. The van der Waals surface area contributed by atoms with Crippen molar-refractivity contribution in [1.82, 2.24) is 0 Å². The number of carbonyl (C=O) groups excluding carboxylic acids is 1. The molecule has 0 bridgehead atoms. The Hall–Kier alpha value is -3.39. The van der Waals surface area contributed by atoms with Crippen LogP contribution in [-0.4, -0.2) is 43.6 Å². The van der Waals surface area contributed by atoms with Gasteiger partial charge in [-0.25, -0.2) is 0 Å². The van der Waals surface area contributed by atoms with Gasteiger partial charge in [-0.3, -0.25) is 4.79 Å². The lowest BCUT2D eigenvalue weighted by molar-refractivity contribution is -0.172. The van der Waals surface area contributed by atoms with Gasteiger partial charge in [0.15, 0.2) is 5.78 Å². The van der Waals surface area contributed by atoms with Gasteiger partial charge in [0.05, 0.1) is 19.8 Å². The van der Waals surface area contributed by atoms with Crippen molar-refractivity contribution >= 4 is 5.78 Å². The smallest absolute Gasteiger partial charge is 0.167 e. The minimum atomic E-state index is -0.999. The van der Waals surface area contributed by atoms with Crippen molar-refractivity contribution in [2.75, 3.05) is 13.9 Å². The Balaban J connectivity index is 1.66. The quantitative estimate of drug-likeness (QED) is 0.178. The summed E-state index contributed by atoms with van der Waals surface area (Å²) >= 11 is 0. The molecule has 6 nitrogen and oxygen atoms in total. The predicted molar refractivity (Wildman–Crippen MR) is 154 cm³/mol. The van der Waals surface area contributed by atoms with E-state index in [0.717, 1.165) is 16.7 Å². The second-order valence-electron chi connectivity index (χ2n) is 9.83. The van der Waals surface area contributed by atoms with E-state index in [1.54, 1.807) is 13.2 Å². The third-order valence-electron chi connectivity index (χ3n) is 6.87. The molecule has 0 saturated heterocycles. The van der Waals surface area contributed by atoms with Crippen LogP contribution in [0.4, 0.5) is 0 Å². The topological polar surface area (TPSA) is 63.2 Å². The SMILES string of the molecule is C=CCC1(OCc2ccccc2)CC(=O)C(OCc2ccccc2)C(OCOC)/C=C\C1OCc1ccccc1. The van der Waals surface area contributed by atoms with Crippen LogP contribution in [0.1, 0.15) is 29.5 Å². The zero-order valence-electron chi connectivity index (χ0n) is 23.0. The zero-order valence-corrected chi connectivity index (χ0v) is 23.0. The highest BCUT2D eigenvalue weighted by atomic mass is 16.7. The molecule has 0 saturated carbocycles. The van der Waals surface area contributed by atoms with Gasteiger partial charge >= 0.3 is 0 Å². The fraction of sp³-hybridized carbons (Fsp3) is 0.324. The molecule has 0 fully saturated rings. The van der Waals surface area contributed by atoms with E-state index in [0.29, 0.717) is 19.6 Å². The van der Waals surface area contributed by atoms with Gasteiger partial charge in [-0.15, -0.1) is 6.58 Å².